The SMILES string of the molecule is NCCCc1noc(CC2CCOCC2)n1. The molecular formula is C11H19N3O2. The lowest BCUT2D eigenvalue weighted by molar-refractivity contribution is 0.0642. The molecule has 0 aliphatic carbocycles. The maximum Gasteiger partial charge on any atom is 0.226 e. The second kappa shape index (κ2) is 5.96. The van der Waals surface area contributed by atoms with Crippen molar-refractivity contribution >= 4 is 0 Å². The summed E-state index contributed by atoms with van der Waals surface area (Å²) in [6, 6.07) is 0. The van der Waals surface area contributed by atoms with Gasteiger partial charge in [0.15, 0.2) is 5.82 Å². The van der Waals surface area contributed by atoms with Crippen LogP contribution in [0.3, 0.4) is 0 Å². The normalized spacial score (nSPS) is 17.8. The van der Waals surface area contributed by atoms with E-state index in [4.69, 9.17) is 15.0 Å². The van der Waals surface area contributed by atoms with Crippen LogP contribution in [0.15, 0.2) is 4.52 Å². The number of hydrogen-bond donors (Lipinski definition) is 1. The van der Waals surface area contributed by atoms with Gasteiger partial charge in [0.05, 0.1) is 0 Å². The van der Waals surface area contributed by atoms with E-state index < -0.39 is 0 Å². The van der Waals surface area contributed by atoms with Gasteiger partial charge in [-0.25, -0.2) is 0 Å². The Morgan fingerprint density at radius 2 is 2.12 bits per heavy atom. The molecule has 0 saturated carbocycles. The van der Waals surface area contributed by atoms with Crippen molar-refractivity contribution in [2.75, 3.05) is 19.8 Å². The number of ether oxygens (including phenoxy) is 1. The largest absolute Gasteiger partial charge is 0.381 e. The van der Waals surface area contributed by atoms with E-state index in [1.807, 2.05) is 0 Å². The lowest BCUT2D eigenvalue weighted by Crippen LogP contribution is -2.17. The lowest BCUT2D eigenvalue weighted by Gasteiger charge is -2.19. The van der Waals surface area contributed by atoms with Crippen LogP contribution in [-0.4, -0.2) is 29.9 Å². The van der Waals surface area contributed by atoms with E-state index in [1.54, 1.807) is 0 Å². The molecule has 0 unspecified atom stereocenters. The van der Waals surface area contributed by atoms with Crippen LogP contribution in [0.25, 0.3) is 0 Å². The first-order valence-corrected chi connectivity index (χ1v) is 5.97. The van der Waals surface area contributed by atoms with Crippen molar-refractivity contribution in [3.8, 4) is 0 Å². The van der Waals surface area contributed by atoms with Gasteiger partial charge in [-0.3, -0.25) is 0 Å². The van der Waals surface area contributed by atoms with Gasteiger partial charge in [0, 0.05) is 26.1 Å². The van der Waals surface area contributed by atoms with Crippen LogP contribution in [0, 0.1) is 5.92 Å². The molecule has 16 heavy (non-hydrogen) atoms. The van der Waals surface area contributed by atoms with Crippen LogP contribution < -0.4 is 5.73 Å². The number of aryl methyl sites for hydroxylation is 1. The Hall–Kier alpha value is -0.940. The van der Waals surface area contributed by atoms with Crippen LogP contribution in [0.5, 0.6) is 0 Å². The number of rotatable bonds is 5. The third-order valence-electron chi connectivity index (χ3n) is 2.92. The van der Waals surface area contributed by atoms with Gasteiger partial charge in [0.1, 0.15) is 0 Å². The van der Waals surface area contributed by atoms with Crippen LogP contribution in [0.4, 0.5) is 0 Å². The van der Waals surface area contributed by atoms with Crippen molar-refractivity contribution in [2.24, 2.45) is 11.7 Å². The highest BCUT2D eigenvalue weighted by molar-refractivity contribution is 4.88. The Morgan fingerprint density at radius 3 is 2.88 bits per heavy atom. The van der Waals surface area contributed by atoms with Crippen molar-refractivity contribution < 1.29 is 9.26 Å². The fourth-order valence-electron chi connectivity index (χ4n) is 1.93. The molecule has 2 N–H and O–H groups in total. The molecule has 1 aliphatic rings. The predicted octanol–water partition coefficient (Wildman–Crippen LogP) is 0.930. The van der Waals surface area contributed by atoms with Gasteiger partial charge >= 0.3 is 0 Å². The highest BCUT2D eigenvalue weighted by atomic mass is 16.5. The van der Waals surface area contributed by atoms with E-state index in [0.29, 0.717) is 12.5 Å². The number of aromatic nitrogens is 2. The van der Waals surface area contributed by atoms with Crippen LogP contribution in [0.2, 0.25) is 0 Å². The predicted molar refractivity (Wildman–Crippen MR) is 58.9 cm³/mol. The van der Waals surface area contributed by atoms with E-state index in [1.165, 1.54) is 0 Å². The van der Waals surface area contributed by atoms with Crippen molar-refractivity contribution in [3.05, 3.63) is 11.7 Å². The maximum absolute atomic E-state index is 5.43. The molecule has 5 nitrogen and oxygen atoms in total. The molecular weight excluding hydrogens is 206 g/mol. The van der Waals surface area contributed by atoms with Gasteiger partial charge in [-0.05, 0) is 31.7 Å². The van der Waals surface area contributed by atoms with Gasteiger partial charge in [-0.1, -0.05) is 5.16 Å². The van der Waals surface area contributed by atoms with Gasteiger partial charge in [-0.15, -0.1) is 0 Å². The zero-order chi connectivity index (χ0) is 11.2. The Kier molecular flexibility index (Phi) is 4.30. The minimum atomic E-state index is 0.636. The first kappa shape index (κ1) is 11.5. The lowest BCUT2D eigenvalue weighted by atomic mass is 9.97. The Labute approximate surface area is 95.3 Å². The first-order chi connectivity index (χ1) is 7.88. The van der Waals surface area contributed by atoms with Crippen LogP contribution in [0.1, 0.15) is 31.0 Å². The Bertz CT molecular complexity index is 308. The summed E-state index contributed by atoms with van der Waals surface area (Å²) in [5.41, 5.74) is 5.43. The summed E-state index contributed by atoms with van der Waals surface area (Å²) in [5.74, 6) is 2.18. The molecule has 1 fully saturated rings. The minimum absolute atomic E-state index is 0.636. The Balaban J connectivity index is 1.81. The molecule has 1 saturated heterocycles. The summed E-state index contributed by atoms with van der Waals surface area (Å²) in [5, 5.41) is 3.95. The molecule has 0 bridgehead atoms. The molecule has 0 radical (unpaired) electrons. The van der Waals surface area contributed by atoms with Crippen molar-refractivity contribution in [3.63, 3.8) is 0 Å². The zero-order valence-corrected chi connectivity index (χ0v) is 9.52. The number of nitrogens with zero attached hydrogens (tertiary/aromatic N) is 2. The molecule has 2 rings (SSSR count). The summed E-state index contributed by atoms with van der Waals surface area (Å²) < 4.78 is 10.5. The molecule has 90 valence electrons. The average molecular weight is 225 g/mol. The van der Waals surface area contributed by atoms with E-state index >= 15 is 0 Å². The average Bonchev–Trinajstić information content (AvgIpc) is 2.75. The summed E-state index contributed by atoms with van der Waals surface area (Å²) >= 11 is 0. The molecule has 1 aromatic heterocycles. The number of nitrogens with two attached hydrogens (primary N) is 1. The fourth-order valence-corrected chi connectivity index (χ4v) is 1.93. The Morgan fingerprint density at radius 1 is 1.31 bits per heavy atom. The molecule has 0 amide bonds. The molecule has 0 aromatic carbocycles. The highest BCUT2D eigenvalue weighted by Crippen LogP contribution is 2.19. The third kappa shape index (κ3) is 3.28. The van der Waals surface area contributed by atoms with E-state index in [0.717, 1.165) is 57.0 Å². The topological polar surface area (TPSA) is 74.2 Å². The zero-order valence-electron chi connectivity index (χ0n) is 9.52. The highest BCUT2D eigenvalue weighted by Gasteiger charge is 2.17. The van der Waals surface area contributed by atoms with Crippen molar-refractivity contribution in [1.29, 1.82) is 0 Å². The number of hydrogen-bond acceptors (Lipinski definition) is 5. The van der Waals surface area contributed by atoms with E-state index in [2.05, 4.69) is 10.1 Å². The second-order valence-electron chi connectivity index (χ2n) is 4.26. The molecule has 1 aromatic rings. The second-order valence-corrected chi connectivity index (χ2v) is 4.26. The summed E-state index contributed by atoms with van der Waals surface area (Å²) in [6.07, 6.45) is 4.81. The van der Waals surface area contributed by atoms with Crippen LogP contribution >= 0.6 is 0 Å². The van der Waals surface area contributed by atoms with Crippen molar-refractivity contribution in [1.82, 2.24) is 10.1 Å². The standard InChI is InChI=1S/C11H19N3O2/c12-5-1-2-10-13-11(16-14-10)8-9-3-6-15-7-4-9/h9H,1-8,12H2. The molecule has 2 heterocycles. The minimum Gasteiger partial charge on any atom is -0.381 e. The monoisotopic (exact) mass is 225 g/mol. The quantitative estimate of drug-likeness (QED) is 0.807. The molecule has 5 heteroatoms. The first-order valence-electron chi connectivity index (χ1n) is 5.97. The molecule has 0 spiro atoms. The van der Waals surface area contributed by atoms with Crippen molar-refractivity contribution in [2.45, 2.75) is 32.1 Å². The smallest absolute Gasteiger partial charge is 0.226 e. The fraction of sp³-hybridized carbons (Fsp3) is 0.818. The molecule has 1 aliphatic heterocycles. The van der Waals surface area contributed by atoms with E-state index in [9.17, 15) is 0 Å². The molecule has 0 atom stereocenters. The van der Waals surface area contributed by atoms with Crippen LogP contribution in [-0.2, 0) is 17.6 Å². The summed E-state index contributed by atoms with van der Waals surface area (Å²) in [4.78, 5) is 4.37. The van der Waals surface area contributed by atoms with Gasteiger partial charge < -0.3 is 15.0 Å². The van der Waals surface area contributed by atoms with Gasteiger partial charge in [0.25, 0.3) is 0 Å². The summed E-state index contributed by atoms with van der Waals surface area (Å²) in [6.45, 7) is 2.39. The summed E-state index contributed by atoms with van der Waals surface area (Å²) in [7, 11) is 0. The van der Waals surface area contributed by atoms with Gasteiger partial charge in [0.2, 0.25) is 5.89 Å². The van der Waals surface area contributed by atoms with E-state index in [-0.39, 0.29) is 0 Å². The van der Waals surface area contributed by atoms with Gasteiger partial charge in [-0.2, -0.15) is 4.98 Å². The third-order valence-corrected chi connectivity index (χ3v) is 2.92. The maximum atomic E-state index is 5.43.